The molecule has 2 rings (SSSR count). The molecule has 3 heteroatoms. The third-order valence-corrected chi connectivity index (χ3v) is 3.69. The van der Waals surface area contributed by atoms with Crippen LogP contribution in [0.25, 0.3) is 0 Å². The second-order valence-corrected chi connectivity index (χ2v) is 5.53. The summed E-state index contributed by atoms with van der Waals surface area (Å²) in [6.45, 7) is 2.24. The molecule has 0 radical (unpaired) electrons. The molecule has 0 unspecified atom stereocenters. The number of nitrogens with zero attached hydrogens (tertiary/aromatic N) is 1. The van der Waals surface area contributed by atoms with Crippen molar-refractivity contribution in [2.75, 3.05) is 27.2 Å². The summed E-state index contributed by atoms with van der Waals surface area (Å²) in [5.41, 5.74) is 1.28. The van der Waals surface area contributed by atoms with Crippen LogP contribution in [0.1, 0.15) is 30.7 Å². The molecule has 1 aromatic rings. The van der Waals surface area contributed by atoms with Gasteiger partial charge in [-0.2, -0.15) is 0 Å². The van der Waals surface area contributed by atoms with Crippen LogP contribution in [0.4, 0.5) is 4.39 Å². The molecular formula is C15H23FN2. The minimum Gasteiger partial charge on any atom is -0.314 e. The van der Waals surface area contributed by atoms with Gasteiger partial charge in [0.05, 0.1) is 0 Å². The van der Waals surface area contributed by atoms with Gasteiger partial charge in [-0.25, -0.2) is 4.39 Å². The van der Waals surface area contributed by atoms with E-state index in [4.69, 9.17) is 0 Å². The molecule has 1 aliphatic rings. The first-order chi connectivity index (χ1) is 8.65. The number of benzene rings is 1. The second-order valence-electron chi connectivity index (χ2n) is 5.53. The Morgan fingerprint density at radius 3 is 2.50 bits per heavy atom. The van der Waals surface area contributed by atoms with Gasteiger partial charge in [0.2, 0.25) is 0 Å². The molecule has 0 bridgehead atoms. The van der Waals surface area contributed by atoms with Crippen LogP contribution in [0.2, 0.25) is 0 Å². The van der Waals surface area contributed by atoms with E-state index in [0.717, 1.165) is 13.1 Å². The van der Waals surface area contributed by atoms with Gasteiger partial charge in [0.1, 0.15) is 5.82 Å². The summed E-state index contributed by atoms with van der Waals surface area (Å²) in [6.07, 6.45) is 3.58. The summed E-state index contributed by atoms with van der Waals surface area (Å²) < 4.78 is 12.8. The predicted octanol–water partition coefficient (Wildman–Crippen LogP) is 2.61. The van der Waals surface area contributed by atoms with Crippen LogP contribution in [-0.4, -0.2) is 38.1 Å². The van der Waals surface area contributed by atoms with Crippen LogP contribution >= 0.6 is 0 Å². The van der Waals surface area contributed by atoms with E-state index in [1.807, 2.05) is 12.1 Å². The van der Waals surface area contributed by atoms with Crippen molar-refractivity contribution in [3.8, 4) is 0 Å². The molecule has 0 amide bonds. The summed E-state index contributed by atoms with van der Waals surface area (Å²) >= 11 is 0. The highest BCUT2D eigenvalue weighted by molar-refractivity contribution is 5.23. The van der Waals surface area contributed by atoms with E-state index in [2.05, 4.69) is 24.3 Å². The molecule has 0 saturated heterocycles. The van der Waals surface area contributed by atoms with Gasteiger partial charge in [-0.3, -0.25) is 0 Å². The zero-order chi connectivity index (χ0) is 13.0. The van der Waals surface area contributed by atoms with Crippen LogP contribution in [0.5, 0.6) is 0 Å². The number of halogens is 1. The van der Waals surface area contributed by atoms with E-state index in [-0.39, 0.29) is 5.82 Å². The average molecular weight is 250 g/mol. The van der Waals surface area contributed by atoms with Crippen molar-refractivity contribution in [1.29, 1.82) is 0 Å². The van der Waals surface area contributed by atoms with Crippen LogP contribution in [0.15, 0.2) is 24.3 Å². The second kappa shape index (κ2) is 6.30. The first-order valence-corrected chi connectivity index (χ1v) is 6.78. The Kier molecular flexibility index (Phi) is 4.72. The highest BCUT2D eigenvalue weighted by atomic mass is 19.1. The fraction of sp³-hybridized carbons (Fsp3) is 0.600. The molecule has 2 nitrogen and oxygen atoms in total. The maximum Gasteiger partial charge on any atom is 0.123 e. The van der Waals surface area contributed by atoms with Crippen molar-refractivity contribution in [3.63, 3.8) is 0 Å². The van der Waals surface area contributed by atoms with E-state index in [9.17, 15) is 4.39 Å². The molecule has 1 N–H and O–H groups in total. The molecular weight excluding hydrogens is 227 g/mol. The first-order valence-electron chi connectivity index (χ1n) is 6.78. The third kappa shape index (κ3) is 3.79. The van der Waals surface area contributed by atoms with Crippen molar-refractivity contribution in [1.82, 2.24) is 10.2 Å². The van der Waals surface area contributed by atoms with E-state index < -0.39 is 0 Å². The topological polar surface area (TPSA) is 15.3 Å². The lowest BCUT2D eigenvalue weighted by atomic mass is 9.76. The lowest BCUT2D eigenvalue weighted by Crippen LogP contribution is -2.41. The summed E-state index contributed by atoms with van der Waals surface area (Å²) in [5.74, 6) is 0.480. The van der Waals surface area contributed by atoms with Crippen molar-refractivity contribution >= 4 is 0 Å². The fourth-order valence-corrected chi connectivity index (χ4v) is 2.49. The highest BCUT2D eigenvalue weighted by Gasteiger charge is 2.29. The molecule has 0 spiro atoms. The minimum absolute atomic E-state index is 0.142. The number of hydrogen-bond donors (Lipinski definition) is 1. The Balaban J connectivity index is 1.63. The molecule has 1 aliphatic carbocycles. The number of hydrogen-bond acceptors (Lipinski definition) is 2. The molecule has 100 valence electrons. The maximum atomic E-state index is 12.8. The van der Waals surface area contributed by atoms with E-state index in [1.54, 1.807) is 12.1 Å². The lowest BCUT2D eigenvalue weighted by Gasteiger charge is -2.36. The highest BCUT2D eigenvalue weighted by Crippen LogP contribution is 2.36. The van der Waals surface area contributed by atoms with Crippen molar-refractivity contribution in [2.24, 2.45) is 0 Å². The van der Waals surface area contributed by atoms with Crippen LogP contribution in [0, 0.1) is 5.82 Å². The van der Waals surface area contributed by atoms with Gasteiger partial charge in [-0.15, -0.1) is 0 Å². The average Bonchev–Trinajstić information content (AvgIpc) is 2.28. The summed E-state index contributed by atoms with van der Waals surface area (Å²) in [5, 5.41) is 3.58. The summed E-state index contributed by atoms with van der Waals surface area (Å²) in [4.78, 5) is 2.21. The molecule has 0 atom stereocenters. The molecule has 18 heavy (non-hydrogen) atoms. The normalized spacial score (nSPS) is 23.1. The predicted molar refractivity (Wildman–Crippen MR) is 73.3 cm³/mol. The SMILES string of the molecule is CN(C)CCCNC1CC(c2ccc(F)cc2)C1. The van der Waals surface area contributed by atoms with Gasteiger partial charge in [-0.1, -0.05) is 12.1 Å². The minimum atomic E-state index is -0.142. The standard InChI is InChI=1S/C15H23FN2/c1-18(2)9-3-8-17-15-10-13(11-15)12-4-6-14(16)7-5-12/h4-7,13,15,17H,3,8-11H2,1-2H3. The molecule has 0 aromatic heterocycles. The van der Waals surface area contributed by atoms with Gasteiger partial charge in [0.15, 0.2) is 0 Å². The van der Waals surface area contributed by atoms with Crippen molar-refractivity contribution in [2.45, 2.75) is 31.2 Å². The fourth-order valence-electron chi connectivity index (χ4n) is 2.49. The molecule has 0 aliphatic heterocycles. The van der Waals surface area contributed by atoms with Crippen molar-refractivity contribution in [3.05, 3.63) is 35.6 Å². The number of rotatable bonds is 6. The van der Waals surface area contributed by atoms with Crippen LogP contribution < -0.4 is 5.32 Å². The first kappa shape index (κ1) is 13.5. The maximum absolute atomic E-state index is 12.8. The Morgan fingerprint density at radius 2 is 1.89 bits per heavy atom. The van der Waals surface area contributed by atoms with Crippen LogP contribution in [-0.2, 0) is 0 Å². The molecule has 1 aromatic carbocycles. The molecule has 1 fully saturated rings. The van der Waals surface area contributed by atoms with E-state index in [1.165, 1.54) is 24.8 Å². The number of nitrogens with one attached hydrogen (secondary N) is 1. The molecule has 0 heterocycles. The van der Waals surface area contributed by atoms with E-state index in [0.29, 0.717) is 12.0 Å². The van der Waals surface area contributed by atoms with Gasteiger partial charge in [-0.05, 0) is 70.1 Å². The van der Waals surface area contributed by atoms with Gasteiger partial charge < -0.3 is 10.2 Å². The zero-order valence-corrected chi connectivity index (χ0v) is 11.3. The third-order valence-electron chi connectivity index (χ3n) is 3.69. The smallest absolute Gasteiger partial charge is 0.123 e. The Labute approximate surface area is 109 Å². The summed E-state index contributed by atoms with van der Waals surface area (Å²) in [7, 11) is 4.21. The van der Waals surface area contributed by atoms with Crippen LogP contribution in [0.3, 0.4) is 0 Å². The zero-order valence-electron chi connectivity index (χ0n) is 11.3. The monoisotopic (exact) mass is 250 g/mol. The molecule has 1 saturated carbocycles. The van der Waals surface area contributed by atoms with E-state index >= 15 is 0 Å². The lowest BCUT2D eigenvalue weighted by molar-refractivity contribution is 0.284. The van der Waals surface area contributed by atoms with Gasteiger partial charge in [0, 0.05) is 6.04 Å². The largest absolute Gasteiger partial charge is 0.314 e. The van der Waals surface area contributed by atoms with Crippen molar-refractivity contribution < 1.29 is 4.39 Å². The summed E-state index contributed by atoms with van der Waals surface area (Å²) in [6, 6.07) is 7.62. The Morgan fingerprint density at radius 1 is 1.22 bits per heavy atom. The Bertz CT molecular complexity index is 355. The van der Waals surface area contributed by atoms with Gasteiger partial charge >= 0.3 is 0 Å². The Hall–Kier alpha value is -0.930. The van der Waals surface area contributed by atoms with Gasteiger partial charge in [0.25, 0.3) is 0 Å². The quantitative estimate of drug-likeness (QED) is 0.781.